The molecule has 1 heterocycles. The molecule has 2 rings (SSSR count). The number of benzene rings is 1. The Morgan fingerprint density at radius 2 is 2.00 bits per heavy atom. The molecule has 2 atom stereocenters. The number of nitrogens with zero attached hydrogens (tertiary/aromatic N) is 1. The molecule has 1 saturated heterocycles. The predicted molar refractivity (Wildman–Crippen MR) is 77.5 cm³/mol. The van der Waals surface area contributed by atoms with Gasteiger partial charge in [0.1, 0.15) is 5.82 Å². The number of nitrogens with two attached hydrogens (primary N) is 1. The fraction of sp³-hybridized carbons (Fsp3) is 0.500. The number of amides is 1. The number of carbonyl (C=O) groups is 1. The lowest BCUT2D eigenvalue weighted by molar-refractivity contribution is -0.117. The summed E-state index contributed by atoms with van der Waals surface area (Å²) in [6.45, 7) is 1.46. The molecule has 1 aromatic carbocycles. The van der Waals surface area contributed by atoms with Crippen molar-refractivity contribution >= 4 is 17.3 Å². The molecule has 0 saturated carbocycles. The van der Waals surface area contributed by atoms with E-state index in [2.05, 4.69) is 5.32 Å². The Hall–Kier alpha value is -1.70. The molecule has 21 heavy (non-hydrogen) atoms. The molecule has 1 aromatic rings. The molecular weight excluding hydrogens is 277 g/mol. The number of hydrogen-bond acceptors (Lipinski definition) is 5. The summed E-state index contributed by atoms with van der Waals surface area (Å²) in [4.78, 5) is 14.0. The van der Waals surface area contributed by atoms with Crippen LogP contribution in [0.2, 0.25) is 0 Å². The highest BCUT2D eigenvalue weighted by Crippen LogP contribution is 2.20. The number of carbonyl (C=O) groups excluding carboxylic acids is 1. The Bertz CT molecular complexity index is 500. The highest BCUT2D eigenvalue weighted by Gasteiger charge is 2.33. The summed E-state index contributed by atoms with van der Waals surface area (Å²) in [6.07, 6.45) is -0.0858. The molecule has 0 aromatic heterocycles. The zero-order chi connectivity index (χ0) is 15.4. The average molecular weight is 297 g/mol. The molecule has 2 unspecified atom stereocenters. The Kier molecular flexibility index (Phi) is 5.11. The maximum absolute atomic E-state index is 12.9. The van der Waals surface area contributed by atoms with Gasteiger partial charge in [-0.3, -0.25) is 9.69 Å². The summed E-state index contributed by atoms with van der Waals surface area (Å²) in [5.74, 6) is -0.643. The van der Waals surface area contributed by atoms with Gasteiger partial charge in [0.15, 0.2) is 0 Å². The molecule has 0 aliphatic carbocycles. The van der Waals surface area contributed by atoms with Crippen molar-refractivity contribution in [2.45, 2.75) is 12.2 Å². The van der Waals surface area contributed by atoms with Crippen molar-refractivity contribution in [2.24, 2.45) is 0 Å². The maximum atomic E-state index is 12.9. The van der Waals surface area contributed by atoms with E-state index in [4.69, 9.17) is 15.2 Å². The van der Waals surface area contributed by atoms with E-state index in [1.54, 1.807) is 14.2 Å². The maximum Gasteiger partial charge on any atom is 0.238 e. The highest BCUT2D eigenvalue weighted by molar-refractivity contribution is 5.95. The van der Waals surface area contributed by atoms with Crippen LogP contribution in [0.4, 0.5) is 15.8 Å². The van der Waals surface area contributed by atoms with Gasteiger partial charge < -0.3 is 20.5 Å². The zero-order valence-electron chi connectivity index (χ0n) is 12.1. The first-order valence-corrected chi connectivity index (χ1v) is 6.66. The van der Waals surface area contributed by atoms with Crippen LogP contribution >= 0.6 is 0 Å². The minimum Gasteiger partial charge on any atom is -0.397 e. The first-order valence-electron chi connectivity index (χ1n) is 6.66. The predicted octanol–water partition coefficient (Wildman–Crippen LogP) is 0.692. The number of ether oxygens (including phenoxy) is 2. The normalized spacial score (nSPS) is 22.4. The summed E-state index contributed by atoms with van der Waals surface area (Å²) in [5, 5.41) is 2.68. The summed E-state index contributed by atoms with van der Waals surface area (Å²) < 4.78 is 23.6. The summed E-state index contributed by atoms with van der Waals surface area (Å²) in [5.41, 5.74) is 6.27. The summed E-state index contributed by atoms with van der Waals surface area (Å²) in [7, 11) is 3.25. The number of nitrogen functional groups attached to an aromatic ring is 1. The third-order valence-corrected chi connectivity index (χ3v) is 3.55. The van der Waals surface area contributed by atoms with Gasteiger partial charge in [-0.05, 0) is 18.2 Å². The summed E-state index contributed by atoms with van der Waals surface area (Å²) in [6, 6.07) is 3.87. The molecule has 6 nitrogen and oxygen atoms in total. The van der Waals surface area contributed by atoms with Gasteiger partial charge >= 0.3 is 0 Å². The Morgan fingerprint density at radius 3 is 2.52 bits per heavy atom. The van der Waals surface area contributed by atoms with Crippen LogP contribution < -0.4 is 11.1 Å². The Labute approximate surface area is 123 Å². The van der Waals surface area contributed by atoms with Gasteiger partial charge in [0.05, 0.1) is 30.1 Å². The van der Waals surface area contributed by atoms with Crippen molar-refractivity contribution in [1.82, 2.24) is 4.90 Å². The van der Waals surface area contributed by atoms with Crippen molar-refractivity contribution in [3.63, 3.8) is 0 Å². The van der Waals surface area contributed by atoms with Crippen LogP contribution in [0.1, 0.15) is 0 Å². The molecule has 1 aliphatic rings. The number of methoxy groups -OCH3 is 2. The van der Waals surface area contributed by atoms with Crippen molar-refractivity contribution in [3.05, 3.63) is 24.0 Å². The first kappa shape index (κ1) is 15.7. The van der Waals surface area contributed by atoms with Crippen LogP contribution in [0, 0.1) is 5.82 Å². The molecule has 0 radical (unpaired) electrons. The second-order valence-corrected chi connectivity index (χ2v) is 5.02. The van der Waals surface area contributed by atoms with Crippen molar-refractivity contribution in [3.8, 4) is 0 Å². The molecule has 0 spiro atoms. The smallest absolute Gasteiger partial charge is 0.238 e. The van der Waals surface area contributed by atoms with Gasteiger partial charge in [0, 0.05) is 27.3 Å². The lowest BCUT2D eigenvalue weighted by Crippen LogP contribution is -2.32. The molecule has 7 heteroatoms. The van der Waals surface area contributed by atoms with E-state index in [9.17, 15) is 9.18 Å². The van der Waals surface area contributed by atoms with E-state index in [1.807, 2.05) is 4.90 Å². The number of hydrogen-bond donors (Lipinski definition) is 2. The van der Waals surface area contributed by atoms with Gasteiger partial charge in [-0.1, -0.05) is 0 Å². The fourth-order valence-electron chi connectivity index (χ4n) is 2.44. The van der Waals surface area contributed by atoms with Gasteiger partial charge in [0.2, 0.25) is 5.91 Å². The van der Waals surface area contributed by atoms with Crippen LogP contribution in [-0.4, -0.2) is 56.9 Å². The molecule has 1 amide bonds. The standard InChI is InChI=1S/C14H20FN3O3/c1-20-12-6-18(7-13(12)21-2)8-14(19)17-11-4-3-9(15)5-10(11)16/h3-5,12-13H,6-8,16H2,1-2H3,(H,17,19). The van der Waals surface area contributed by atoms with Crippen LogP contribution in [0.15, 0.2) is 18.2 Å². The zero-order valence-corrected chi connectivity index (χ0v) is 12.1. The van der Waals surface area contributed by atoms with Crippen LogP contribution in [0.3, 0.4) is 0 Å². The van der Waals surface area contributed by atoms with Crippen LogP contribution in [0.5, 0.6) is 0 Å². The van der Waals surface area contributed by atoms with E-state index < -0.39 is 5.82 Å². The SMILES string of the molecule is COC1CN(CC(=O)Nc2ccc(F)cc2N)CC1OC. The Balaban J connectivity index is 1.90. The number of anilines is 2. The number of halogens is 1. The summed E-state index contributed by atoms with van der Waals surface area (Å²) >= 11 is 0. The topological polar surface area (TPSA) is 76.8 Å². The second-order valence-electron chi connectivity index (χ2n) is 5.02. The Morgan fingerprint density at radius 1 is 1.38 bits per heavy atom. The monoisotopic (exact) mass is 297 g/mol. The third kappa shape index (κ3) is 3.90. The number of rotatable bonds is 5. The third-order valence-electron chi connectivity index (χ3n) is 3.55. The van der Waals surface area contributed by atoms with Gasteiger partial charge in [0.25, 0.3) is 0 Å². The first-order chi connectivity index (χ1) is 10.0. The fourth-order valence-corrected chi connectivity index (χ4v) is 2.44. The quantitative estimate of drug-likeness (QED) is 0.782. The van der Waals surface area contributed by atoms with E-state index in [-0.39, 0.29) is 30.3 Å². The van der Waals surface area contributed by atoms with E-state index in [1.165, 1.54) is 18.2 Å². The van der Waals surface area contributed by atoms with E-state index in [0.717, 1.165) is 0 Å². The number of likely N-dealkylation sites (tertiary alicyclic amines) is 1. The molecule has 1 aliphatic heterocycles. The molecule has 3 N–H and O–H groups in total. The molecule has 0 bridgehead atoms. The molecular formula is C14H20FN3O3. The van der Waals surface area contributed by atoms with Gasteiger partial charge in [-0.25, -0.2) is 4.39 Å². The minimum atomic E-state index is -0.434. The molecule has 116 valence electrons. The van der Waals surface area contributed by atoms with Crippen molar-refractivity contribution < 1.29 is 18.7 Å². The van der Waals surface area contributed by atoms with E-state index in [0.29, 0.717) is 18.8 Å². The van der Waals surface area contributed by atoms with E-state index >= 15 is 0 Å². The van der Waals surface area contributed by atoms with Gasteiger partial charge in [-0.15, -0.1) is 0 Å². The van der Waals surface area contributed by atoms with Crippen LogP contribution in [0.25, 0.3) is 0 Å². The van der Waals surface area contributed by atoms with Crippen molar-refractivity contribution in [2.75, 3.05) is 44.9 Å². The van der Waals surface area contributed by atoms with Crippen molar-refractivity contribution in [1.29, 1.82) is 0 Å². The number of nitrogens with one attached hydrogen (secondary N) is 1. The second kappa shape index (κ2) is 6.84. The van der Waals surface area contributed by atoms with Crippen LogP contribution in [-0.2, 0) is 14.3 Å². The minimum absolute atomic E-state index is 0.0429. The average Bonchev–Trinajstić information content (AvgIpc) is 2.84. The lowest BCUT2D eigenvalue weighted by Gasteiger charge is -2.15. The lowest BCUT2D eigenvalue weighted by atomic mass is 10.2. The van der Waals surface area contributed by atoms with Gasteiger partial charge in [-0.2, -0.15) is 0 Å². The molecule has 1 fully saturated rings. The largest absolute Gasteiger partial charge is 0.397 e. The highest BCUT2D eigenvalue weighted by atomic mass is 19.1.